The molecule has 2 heterocycles. The number of amides is 1. The van der Waals surface area contributed by atoms with Gasteiger partial charge in [0.15, 0.2) is 0 Å². The van der Waals surface area contributed by atoms with E-state index in [1.165, 1.54) is 5.69 Å². The second-order valence-electron chi connectivity index (χ2n) is 7.68. The molecular formula is C23H25Cl2N3OS. The molecule has 2 aliphatic rings. The van der Waals surface area contributed by atoms with Gasteiger partial charge in [0.05, 0.1) is 15.0 Å². The first kappa shape index (κ1) is 21.6. The lowest BCUT2D eigenvalue weighted by Crippen LogP contribution is -2.44. The number of piperazine rings is 1. The van der Waals surface area contributed by atoms with E-state index in [1.54, 1.807) is 17.8 Å². The van der Waals surface area contributed by atoms with Gasteiger partial charge in [-0.1, -0.05) is 47.5 Å². The van der Waals surface area contributed by atoms with Gasteiger partial charge in [0.25, 0.3) is 5.91 Å². The molecule has 158 valence electrons. The van der Waals surface area contributed by atoms with Crippen LogP contribution in [0.2, 0.25) is 10.0 Å². The summed E-state index contributed by atoms with van der Waals surface area (Å²) in [7, 11) is 2.16. The Kier molecular flexibility index (Phi) is 6.94. The molecular weight excluding hydrogens is 437 g/mol. The molecule has 2 aromatic rings. The molecule has 0 saturated carbocycles. The van der Waals surface area contributed by atoms with Crippen LogP contribution in [0.25, 0.3) is 6.08 Å². The molecule has 2 fully saturated rings. The van der Waals surface area contributed by atoms with Crippen molar-refractivity contribution in [1.29, 1.82) is 0 Å². The van der Waals surface area contributed by atoms with E-state index in [2.05, 4.69) is 41.1 Å². The lowest BCUT2D eigenvalue weighted by molar-refractivity contribution is -0.126. The highest BCUT2D eigenvalue weighted by Crippen LogP contribution is 2.31. The first-order valence-electron chi connectivity index (χ1n) is 10.1. The lowest BCUT2D eigenvalue weighted by atomic mass is 10.1. The number of benzene rings is 2. The number of thioether (sulfide) groups is 1. The molecule has 4 rings (SSSR count). The predicted molar refractivity (Wildman–Crippen MR) is 128 cm³/mol. The second kappa shape index (κ2) is 9.65. The molecule has 1 amide bonds. The van der Waals surface area contributed by atoms with Crippen molar-refractivity contribution >= 4 is 52.6 Å². The smallest absolute Gasteiger partial charge is 0.260 e. The molecule has 7 heteroatoms. The van der Waals surface area contributed by atoms with Gasteiger partial charge >= 0.3 is 0 Å². The highest BCUT2D eigenvalue weighted by Gasteiger charge is 2.25. The van der Waals surface area contributed by atoms with Gasteiger partial charge in [0, 0.05) is 50.7 Å². The zero-order chi connectivity index (χ0) is 21.1. The van der Waals surface area contributed by atoms with Crippen LogP contribution in [-0.4, -0.2) is 61.2 Å². The fourth-order valence-corrected chi connectivity index (χ4v) is 5.10. The fraction of sp³-hybridized carbons (Fsp3) is 0.348. The molecule has 4 nitrogen and oxygen atoms in total. The van der Waals surface area contributed by atoms with Gasteiger partial charge in [-0.3, -0.25) is 4.79 Å². The van der Waals surface area contributed by atoms with Crippen LogP contribution in [0.15, 0.2) is 47.4 Å². The van der Waals surface area contributed by atoms with Crippen molar-refractivity contribution in [1.82, 2.24) is 9.80 Å². The summed E-state index contributed by atoms with van der Waals surface area (Å²) >= 11 is 13.8. The number of carbonyl (C=O) groups is 1. The normalized spacial score (nSPS) is 19.6. The molecule has 2 aromatic carbocycles. The Hall–Kier alpha value is -1.66. The van der Waals surface area contributed by atoms with Crippen LogP contribution in [0.3, 0.4) is 0 Å². The van der Waals surface area contributed by atoms with Crippen LogP contribution in [0.4, 0.5) is 5.69 Å². The van der Waals surface area contributed by atoms with Gasteiger partial charge in [-0.05, 0) is 42.4 Å². The number of halogens is 2. The number of hydrogen-bond donors (Lipinski definition) is 0. The minimum atomic E-state index is 0.0745. The van der Waals surface area contributed by atoms with Crippen molar-refractivity contribution in [3.8, 4) is 0 Å². The monoisotopic (exact) mass is 461 g/mol. The first-order valence-corrected chi connectivity index (χ1v) is 11.9. The summed E-state index contributed by atoms with van der Waals surface area (Å²) in [5, 5.41) is 1.05. The Balaban J connectivity index is 1.54. The third-order valence-corrected chi connectivity index (χ3v) is 7.27. The third-order valence-electron chi connectivity index (χ3n) is 5.54. The number of anilines is 1. The van der Waals surface area contributed by atoms with Crippen LogP contribution in [0.5, 0.6) is 0 Å². The van der Waals surface area contributed by atoms with Crippen molar-refractivity contribution < 1.29 is 4.79 Å². The van der Waals surface area contributed by atoms with Crippen molar-refractivity contribution in [2.45, 2.75) is 6.54 Å². The zero-order valence-electron chi connectivity index (χ0n) is 17.0. The molecule has 0 aliphatic carbocycles. The van der Waals surface area contributed by atoms with Gasteiger partial charge in [0.2, 0.25) is 0 Å². The van der Waals surface area contributed by atoms with E-state index in [0.29, 0.717) is 16.6 Å². The van der Waals surface area contributed by atoms with E-state index in [1.807, 2.05) is 23.1 Å². The van der Waals surface area contributed by atoms with E-state index < -0.39 is 0 Å². The van der Waals surface area contributed by atoms with E-state index in [-0.39, 0.29) is 5.91 Å². The summed E-state index contributed by atoms with van der Waals surface area (Å²) in [6.07, 6.45) is 2.06. The van der Waals surface area contributed by atoms with Crippen molar-refractivity contribution in [3.05, 3.63) is 68.5 Å². The number of carbonyl (C=O) groups excluding carboxylic acids is 1. The topological polar surface area (TPSA) is 26.8 Å². The molecule has 0 N–H and O–H groups in total. The van der Waals surface area contributed by atoms with Crippen molar-refractivity contribution in [2.24, 2.45) is 0 Å². The number of rotatable bonds is 4. The molecule has 0 radical (unpaired) electrons. The summed E-state index contributed by atoms with van der Waals surface area (Å²) in [5.41, 5.74) is 3.30. The molecule has 30 heavy (non-hydrogen) atoms. The summed E-state index contributed by atoms with van der Waals surface area (Å²) in [5.74, 6) is 0.959. The van der Waals surface area contributed by atoms with Gasteiger partial charge < -0.3 is 14.7 Å². The number of nitrogens with zero attached hydrogens (tertiary/aromatic N) is 3. The molecule has 0 aromatic heterocycles. The third kappa shape index (κ3) is 4.97. The number of para-hydroxylation sites is 1. The van der Waals surface area contributed by atoms with Gasteiger partial charge in [-0.2, -0.15) is 0 Å². The molecule has 0 unspecified atom stereocenters. The minimum Gasteiger partial charge on any atom is -0.368 e. The van der Waals surface area contributed by atoms with Gasteiger partial charge in [0.1, 0.15) is 0 Å². The molecule has 2 aliphatic heterocycles. The maximum atomic E-state index is 13.2. The first-order chi connectivity index (χ1) is 14.5. The van der Waals surface area contributed by atoms with Crippen LogP contribution in [-0.2, 0) is 11.3 Å². The van der Waals surface area contributed by atoms with E-state index in [9.17, 15) is 4.79 Å². The number of likely N-dealkylation sites (N-methyl/N-ethyl adjacent to an activating group) is 1. The van der Waals surface area contributed by atoms with Crippen LogP contribution in [0, 0.1) is 0 Å². The van der Waals surface area contributed by atoms with Crippen molar-refractivity contribution in [2.75, 3.05) is 50.4 Å². The Morgan fingerprint density at radius 3 is 2.53 bits per heavy atom. The zero-order valence-corrected chi connectivity index (χ0v) is 19.3. The van der Waals surface area contributed by atoms with Gasteiger partial charge in [-0.15, -0.1) is 11.8 Å². The predicted octanol–water partition coefficient (Wildman–Crippen LogP) is 4.86. The summed E-state index contributed by atoms with van der Waals surface area (Å²) < 4.78 is 0. The standard InChI is InChI=1S/C23H25Cl2N3OS/c1-26-8-10-27(11-9-26)21-5-3-2-4-18(21)15-22-23(29)28(12-13-30-22)16-17-6-7-19(24)20(25)14-17/h2-7,14-15H,8-13,16H2,1H3/b22-15-. The maximum absolute atomic E-state index is 13.2. The highest BCUT2D eigenvalue weighted by atomic mass is 35.5. The molecule has 0 spiro atoms. The van der Waals surface area contributed by atoms with Crippen LogP contribution >= 0.6 is 35.0 Å². The summed E-state index contributed by atoms with van der Waals surface area (Å²) in [6.45, 7) is 5.36. The van der Waals surface area contributed by atoms with E-state index >= 15 is 0 Å². The lowest BCUT2D eigenvalue weighted by Gasteiger charge is -2.35. The Morgan fingerprint density at radius 2 is 1.77 bits per heavy atom. The minimum absolute atomic E-state index is 0.0745. The highest BCUT2D eigenvalue weighted by molar-refractivity contribution is 8.04. The van der Waals surface area contributed by atoms with Crippen molar-refractivity contribution in [3.63, 3.8) is 0 Å². The summed E-state index contributed by atoms with van der Waals surface area (Å²) in [6, 6.07) is 13.9. The second-order valence-corrected chi connectivity index (χ2v) is 9.63. The molecule has 2 saturated heterocycles. The Bertz CT molecular complexity index is 957. The average molecular weight is 462 g/mol. The fourth-order valence-electron chi connectivity index (χ4n) is 3.78. The Morgan fingerprint density at radius 1 is 1.00 bits per heavy atom. The molecule has 0 atom stereocenters. The van der Waals surface area contributed by atoms with Crippen LogP contribution < -0.4 is 4.90 Å². The van der Waals surface area contributed by atoms with E-state index in [4.69, 9.17) is 23.2 Å². The largest absolute Gasteiger partial charge is 0.368 e. The Labute approximate surface area is 192 Å². The SMILES string of the molecule is CN1CCN(c2ccccc2/C=C2\SCCN(Cc3ccc(Cl)c(Cl)c3)C2=O)CC1. The average Bonchev–Trinajstić information content (AvgIpc) is 2.75. The quantitative estimate of drug-likeness (QED) is 0.607. The number of hydrogen-bond acceptors (Lipinski definition) is 4. The van der Waals surface area contributed by atoms with E-state index in [0.717, 1.165) is 54.5 Å². The van der Waals surface area contributed by atoms with Gasteiger partial charge in [-0.25, -0.2) is 0 Å². The van der Waals surface area contributed by atoms with Crippen LogP contribution in [0.1, 0.15) is 11.1 Å². The summed E-state index contributed by atoms with van der Waals surface area (Å²) in [4.78, 5) is 20.6. The molecule has 0 bridgehead atoms. The maximum Gasteiger partial charge on any atom is 0.260 e.